The van der Waals surface area contributed by atoms with Crippen LogP contribution in [-0.2, 0) is 0 Å². The molecule has 0 saturated heterocycles. The molecule has 0 aliphatic heterocycles. The average molecular weight is 485 g/mol. The quantitative estimate of drug-likeness (QED) is 0.255. The predicted molar refractivity (Wildman–Crippen MR) is 144 cm³/mol. The zero-order chi connectivity index (χ0) is 24.5. The van der Waals surface area contributed by atoms with Gasteiger partial charge in [-0.05, 0) is 36.4 Å². The molecule has 0 atom stereocenters. The first kappa shape index (κ1) is 25.5. The van der Waals surface area contributed by atoms with Crippen molar-refractivity contribution < 1.29 is 9.59 Å². The van der Waals surface area contributed by atoms with Gasteiger partial charge in [-0.3, -0.25) is 9.59 Å². The Hall–Kier alpha value is -3.08. The Morgan fingerprint density at radius 2 is 0.794 bits per heavy atom. The van der Waals surface area contributed by atoms with Gasteiger partial charge in [0, 0.05) is 41.8 Å². The Morgan fingerprint density at radius 3 is 1.15 bits per heavy atom. The lowest BCUT2D eigenvalue weighted by atomic mass is 9.84. The second-order valence-electron chi connectivity index (χ2n) is 6.85. The average Bonchev–Trinajstić information content (AvgIpc) is 2.91. The van der Waals surface area contributed by atoms with Crippen LogP contribution in [0.2, 0.25) is 0 Å². The highest BCUT2D eigenvalue weighted by atomic mass is 32.2. The largest absolute Gasteiger partial charge is 0.289 e. The Bertz CT molecular complexity index is 1160. The van der Waals surface area contributed by atoms with Gasteiger partial charge in [0.25, 0.3) is 0 Å². The molecule has 5 rings (SSSR count). The molecule has 0 radical (unpaired) electrons. The molecular formula is C30H28O2S2. The number of hydrogen-bond acceptors (Lipinski definition) is 4. The summed E-state index contributed by atoms with van der Waals surface area (Å²) in [6, 6.07) is 30.8. The van der Waals surface area contributed by atoms with Crippen LogP contribution in [0.5, 0.6) is 0 Å². The molecule has 0 N–H and O–H groups in total. The fourth-order valence-corrected chi connectivity index (χ4v) is 5.58. The summed E-state index contributed by atoms with van der Waals surface area (Å²) in [4.78, 5) is 30.7. The van der Waals surface area contributed by atoms with E-state index in [4.69, 9.17) is 0 Å². The molecule has 4 aromatic rings. The van der Waals surface area contributed by atoms with Crippen LogP contribution in [0.4, 0.5) is 0 Å². The molecule has 0 saturated carbocycles. The van der Waals surface area contributed by atoms with Crippen LogP contribution >= 0.6 is 23.5 Å². The summed E-state index contributed by atoms with van der Waals surface area (Å²) >= 11 is 3.02. The van der Waals surface area contributed by atoms with Gasteiger partial charge in [-0.1, -0.05) is 112 Å². The Kier molecular flexibility index (Phi) is 9.32. The second-order valence-corrected chi connectivity index (χ2v) is 9.08. The van der Waals surface area contributed by atoms with Crippen molar-refractivity contribution in [2.75, 3.05) is 0 Å². The van der Waals surface area contributed by atoms with E-state index in [1.165, 1.54) is 23.5 Å². The molecule has 2 nitrogen and oxygen atoms in total. The van der Waals surface area contributed by atoms with Crippen molar-refractivity contribution in [2.24, 2.45) is 0 Å². The maximum absolute atomic E-state index is 13.5. The third-order valence-corrected chi connectivity index (χ3v) is 7.07. The van der Waals surface area contributed by atoms with Gasteiger partial charge in [0.15, 0.2) is 11.6 Å². The Labute approximate surface area is 210 Å². The molecule has 0 heterocycles. The molecular weight excluding hydrogens is 456 g/mol. The first-order valence-electron chi connectivity index (χ1n) is 11.5. The van der Waals surface area contributed by atoms with E-state index in [0.29, 0.717) is 22.3 Å². The number of fused-ring (bicyclic) bond motifs is 2. The monoisotopic (exact) mass is 484 g/mol. The minimum atomic E-state index is -0.0888. The topological polar surface area (TPSA) is 34.1 Å². The van der Waals surface area contributed by atoms with Gasteiger partial charge in [0.1, 0.15) is 0 Å². The summed E-state index contributed by atoms with van der Waals surface area (Å²) in [5.74, 6) is -0.178. The Balaban J connectivity index is 0.000000771. The lowest BCUT2D eigenvalue weighted by molar-refractivity contribution is 0.0974. The number of ketones is 2. The van der Waals surface area contributed by atoms with Crippen molar-refractivity contribution in [1.82, 2.24) is 0 Å². The fourth-order valence-electron chi connectivity index (χ4n) is 3.58. The molecule has 1 aliphatic rings. The molecule has 0 aromatic heterocycles. The van der Waals surface area contributed by atoms with Crippen molar-refractivity contribution in [3.63, 3.8) is 0 Å². The maximum Gasteiger partial charge on any atom is 0.195 e. The van der Waals surface area contributed by atoms with Gasteiger partial charge in [-0.2, -0.15) is 0 Å². The molecule has 4 aromatic carbocycles. The van der Waals surface area contributed by atoms with E-state index in [2.05, 4.69) is 0 Å². The van der Waals surface area contributed by atoms with Gasteiger partial charge in [-0.25, -0.2) is 0 Å². The van der Waals surface area contributed by atoms with Gasteiger partial charge in [0.05, 0.1) is 0 Å². The van der Waals surface area contributed by atoms with Crippen LogP contribution in [0, 0.1) is 0 Å². The SMILES string of the molecule is CC.CC.O=C1c2cccc(Sc3ccccc3)c2C(=O)c2cccc(Sc3ccccc3)c21. The van der Waals surface area contributed by atoms with Gasteiger partial charge in [0.2, 0.25) is 0 Å². The Morgan fingerprint density at radius 1 is 0.441 bits per heavy atom. The van der Waals surface area contributed by atoms with E-state index in [1.54, 1.807) is 12.1 Å². The summed E-state index contributed by atoms with van der Waals surface area (Å²) in [5, 5.41) is 0. The molecule has 34 heavy (non-hydrogen) atoms. The third-order valence-electron chi connectivity index (χ3n) is 4.94. The molecule has 4 heteroatoms. The van der Waals surface area contributed by atoms with Gasteiger partial charge >= 0.3 is 0 Å². The zero-order valence-corrected chi connectivity index (χ0v) is 21.5. The van der Waals surface area contributed by atoms with E-state index in [1.807, 2.05) is 113 Å². The van der Waals surface area contributed by atoms with Crippen molar-refractivity contribution in [1.29, 1.82) is 0 Å². The van der Waals surface area contributed by atoms with Crippen LogP contribution in [0.25, 0.3) is 0 Å². The number of carbonyl (C=O) groups excluding carboxylic acids is 2. The van der Waals surface area contributed by atoms with E-state index in [0.717, 1.165) is 19.6 Å². The smallest absolute Gasteiger partial charge is 0.195 e. The van der Waals surface area contributed by atoms with Crippen LogP contribution < -0.4 is 0 Å². The minimum Gasteiger partial charge on any atom is -0.289 e. The number of hydrogen-bond donors (Lipinski definition) is 0. The summed E-state index contributed by atoms with van der Waals surface area (Å²) in [6.45, 7) is 8.00. The predicted octanol–water partition coefficient (Wildman–Crippen LogP) is 8.82. The molecule has 172 valence electrons. The number of carbonyl (C=O) groups is 2. The minimum absolute atomic E-state index is 0.0888. The molecule has 0 fully saturated rings. The second kappa shape index (κ2) is 12.4. The van der Waals surface area contributed by atoms with Gasteiger partial charge in [-0.15, -0.1) is 0 Å². The molecule has 0 bridgehead atoms. The first-order valence-corrected chi connectivity index (χ1v) is 13.2. The van der Waals surface area contributed by atoms with Crippen molar-refractivity contribution in [2.45, 2.75) is 47.3 Å². The molecule has 0 unspecified atom stereocenters. The van der Waals surface area contributed by atoms with Crippen LogP contribution in [0.15, 0.2) is 117 Å². The normalized spacial score (nSPS) is 11.3. The van der Waals surface area contributed by atoms with E-state index in [-0.39, 0.29) is 11.6 Å². The molecule has 1 aliphatic carbocycles. The van der Waals surface area contributed by atoms with E-state index >= 15 is 0 Å². The van der Waals surface area contributed by atoms with Crippen molar-refractivity contribution >= 4 is 35.1 Å². The highest BCUT2D eigenvalue weighted by molar-refractivity contribution is 7.99. The maximum atomic E-state index is 13.5. The number of rotatable bonds is 4. The molecule has 0 amide bonds. The summed E-state index contributed by atoms with van der Waals surface area (Å²) in [6.07, 6.45) is 0. The summed E-state index contributed by atoms with van der Waals surface area (Å²) in [5.41, 5.74) is 1.97. The zero-order valence-electron chi connectivity index (χ0n) is 19.9. The van der Waals surface area contributed by atoms with E-state index < -0.39 is 0 Å². The van der Waals surface area contributed by atoms with Gasteiger partial charge < -0.3 is 0 Å². The molecule has 0 spiro atoms. The summed E-state index contributed by atoms with van der Waals surface area (Å²) < 4.78 is 0. The van der Waals surface area contributed by atoms with Crippen LogP contribution in [0.1, 0.15) is 59.5 Å². The van der Waals surface area contributed by atoms with E-state index in [9.17, 15) is 9.59 Å². The van der Waals surface area contributed by atoms with Crippen LogP contribution in [-0.4, -0.2) is 11.6 Å². The summed E-state index contributed by atoms with van der Waals surface area (Å²) in [7, 11) is 0. The highest BCUT2D eigenvalue weighted by Gasteiger charge is 2.33. The lowest BCUT2D eigenvalue weighted by Gasteiger charge is -2.22. The standard InChI is InChI=1S/C26H16O2S2.2C2H6/c27-25-20-14-8-16-22(30-18-11-5-2-6-12-18)24(20)26(28)19-13-7-15-21(23(19)25)29-17-9-3-1-4-10-17;2*1-2/h1-16H;2*1-2H3. The van der Waals surface area contributed by atoms with Crippen molar-refractivity contribution in [3.8, 4) is 0 Å². The number of benzene rings is 4. The van der Waals surface area contributed by atoms with Crippen molar-refractivity contribution in [3.05, 3.63) is 119 Å². The fraction of sp³-hybridized carbons (Fsp3) is 0.133. The first-order chi connectivity index (χ1) is 16.7. The third kappa shape index (κ3) is 5.35. The lowest BCUT2D eigenvalue weighted by Crippen LogP contribution is -2.22. The van der Waals surface area contributed by atoms with Crippen LogP contribution in [0.3, 0.4) is 0 Å². The highest BCUT2D eigenvalue weighted by Crippen LogP contribution is 2.40.